The Bertz CT molecular complexity index is 683. The molecule has 25 heavy (non-hydrogen) atoms. The van der Waals surface area contributed by atoms with Crippen molar-refractivity contribution in [3.05, 3.63) is 43.0 Å². The van der Waals surface area contributed by atoms with Crippen LogP contribution in [0.15, 0.2) is 43.0 Å². The number of nitrogens with zero attached hydrogens (tertiary/aromatic N) is 2. The van der Waals surface area contributed by atoms with Gasteiger partial charge in [-0.3, -0.25) is 0 Å². The molecule has 1 heterocycles. The minimum Gasteiger partial charge on any atom is -0.490 e. The summed E-state index contributed by atoms with van der Waals surface area (Å²) in [7, 11) is 1.66. The van der Waals surface area contributed by atoms with Crippen molar-refractivity contribution >= 4 is 11.7 Å². The van der Waals surface area contributed by atoms with Crippen molar-refractivity contribution in [1.82, 2.24) is 14.9 Å². The standard InChI is InChI=1S/C18H24N4O3/c1-24-13-18(7-4-8-18)21-17(23)20-15-5-2-3-6-16(15)25-12-11-22-10-9-19-14-22/h2-3,5-6,9-10,14H,4,7-8,11-13H2,1H3,(H2,20,21,23). The normalized spacial score (nSPS) is 15.2. The number of rotatable bonds is 8. The zero-order valence-electron chi connectivity index (χ0n) is 14.4. The molecule has 2 N–H and O–H groups in total. The highest BCUT2D eigenvalue weighted by atomic mass is 16.5. The highest BCUT2D eigenvalue weighted by molar-refractivity contribution is 5.91. The first-order chi connectivity index (χ1) is 12.2. The molecule has 0 radical (unpaired) electrons. The number of para-hydroxylation sites is 2. The van der Waals surface area contributed by atoms with Crippen LogP contribution in [0.25, 0.3) is 0 Å². The first kappa shape index (κ1) is 17.3. The van der Waals surface area contributed by atoms with Gasteiger partial charge < -0.3 is 24.7 Å². The van der Waals surface area contributed by atoms with Gasteiger partial charge in [0.25, 0.3) is 0 Å². The third-order valence-corrected chi connectivity index (χ3v) is 4.41. The molecule has 2 amide bonds. The number of anilines is 1. The molecular weight excluding hydrogens is 320 g/mol. The number of ether oxygens (including phenoxy) is 2. The number of hydrogen-bond acceptors (Lipinski definition) is 4. The van der Waals surface area contributed by atoms with Crippen molar-refractivity contribution in [3.8, 4) is 5.75 Å². The Morgan fingerprint density at radius 1 is 1.36 bits per heavy atom. The van der Waals surface area contributed by atoms with Crippen LogP contribution in [-0.4, -0.2) is 41.4 Å². The second kappa shape index (κ2) is 8.02. The molecule has 0 bridgehead atoms. The maximum atomic E-state index is 12.4. The molecule has 1 aromatic carbocycles. The second-order valence-corrected chi connectivity index (χ2v) is 6.29. The molecule has 0 saturated heterocycles. The van der Waals surface area contributed by atoms with Crippen molar-refractivity contribution in [2.24, 2.45) is 0 Å². The quantitative estimate of drug-likeness (QED) is 0.772. The molecule has 3 rings (SSSR count). The zero-order chi connectivity index (χ0) is 17.5. The van der Waals surface area contributed by atoms with Gasteiger partial charge in [0.05, 0.1) is 30.7 Å². The number of carbonyl (C=O) groups excluding carboxylic acids is 1. The van der Waals surface area contributed by atoms with E-state index in [4.69, 9.17) is 9.47 Å². The zero-order valence-corrected chi connectivity index (χ0v) is 14.4. The third kappa shape index (κ3) is 4.51. The van der Waals surface area contributed by atoms with Crippen LogP contribution in [0, 0.1) is 0 Å². The van der Waals surface area contributed by atoms with Crippen molar-refractivity contribution in [2.75, 3.05) is 25.6 Å². The van der Waals surface area contributed by atoms with Crippen LogP contribution >= 0.6 is 0 Å². The molecule has 0 unspecified atom stereocenters. The maximum Gasteiger partial charge on any atom is 0.319 e. The number of hydrogen-bond donors (Lipinski definition) is 2. The van der Waals surface area contributed by atoms with E-state index in [0.29, 0.717) is 31.2 Å². The Morgan fingerprint density at radius 2 is 2.20 bits per heavy atom. The summed E-state index contributed by atoms with van der Waals surface area (Å²) in [5.74, 6) is 0.646. The molecule has 1 saturated carbocycles. The molecule has 134 valence electrons. The van der Waals surface area contributed by atoms with E-state index in [1.807, 2.05) is 35.0 Å². The van der Waals surface area contributed by atoms with E-state index in [1.165, 1.54) is 0 Å². The van der Waals surface area contributed by atoms with E-state index >= 15 is 0 Å². The van der Waals surface area contributed by atoms with E-state index < -0.39 is 0 Å². The highest BCUT2D eigenvalue weighted by Gasteiger charge is 2.38. The lowest BCUT2D eigenvalue weighted by molar-refractivity contribution is 0.0648. The predicted molar refractivity (Wildman–Crippen MR) is 94.8 cm³/mol. The van der Waals surface area contributed by atoms with Gasteiger partial charge in [0.2, 0.25) is 0 Å². The minimum atomic E-state index is -0.240. The average Bonchev–Trinajstić information content (AvgIpc) is 3.08. The molecule has 0 aliphatic heterocycles. The van der Waals surface area contributed by atoms with Crippen LogP contribution in [0.5, 0.6) is 5.75 Å². The lowest BCUT2D eigenvalue weighted by atomic mass is 9.77. The Balaban J connectivity index is 1.55. The highest BCUT2D eigenvalue weighted by Crippen LogP contribution is 2.32. The molecule has 1 aliphatic carbocycles. The molecule has 2 aromatic rings. The summed E-state index contributed by atoms with van der Waals surface area (Å²) in [4.78, 5) is 16.4. The summed E-state index contributed by atoms with van der Waals surface area (Å²) < 4.78 is 13.0. The van der Waals surface area contributed by atoms with E-state index in [-0.39, 0.29) is 11.6 Å². The first-order valence-electron chi connectivity index (χ1n) is 8.46. The maximum absolute atomic E-state index is 12.4. The van der Waals surface area contributed by atoms with Gasteiger partial charge in [-0.25, -0.2) is 9.78 Å². The molecule has 7 nitrogen and oxygen atoms in total. The Kier molecular flexibility index (Phi) is 5.55. The first-order valence-corrected chi connectivity index (χ1v) is 8.46. The topological polar surface area (TPSA) is 77.4 Å². The summed E-state index contributed by atoms with van der Waals surface area (Å²) in [6.07, 6.45) is 8.35. The van der Waals surface area contributed by atoms with Crippen molar-refractivity contribution in [2.45, 2.75) is 31.3 Å². The Morgan fingerprint density at radius 3 is 2.88 bits per heavy atom. The Hall–Kier alpha value is -2.54. The number of carbonyl (C=O) groups is 1. The van der Waals surface area contributed by atoms with Gasteiger partial charge in [-0.1, -0.05) is 12.1 Å². The molecule has 0 atom stereocenters. The predicted octanol–water partition coefficient (Wildman–Crippen LogP) is 2.65. The lowest BCUT2D eigenvalue weighted by Crippen LogP contribution is -2.57. The Labute approximate surface area is 147 Å². The van der Waals surface area contributed by atoms with Gasteiger partial charge in [0, 0.05) is 19.5 Å². The number of urea groups is 1. The van der Waals surface area contributed by atoms with Crippen molar-refractivity contribution in [1.29, 1.82) is 0 Å². The molecule has 1 aromatic heterocycles. The SMILES string of the molecule is COCC1(NC(=O)Nc2ccccc2OCCn2ccnc2)CCC1. The van der Waals surface area contributed by atoms with Crippen LogP contribution in [0.2, 0.25) is 0 Å². The van der Waals surface area contributed by atoms with Gasteiger partial charge in [0.15, 0.2) is 0 Å². The summed E-state index contributed by atoms with van der Waals surface area (Å²) in [6, 6.07) is 7.19. The number of aromatic nitrogens is 2. The van der Waals surface area contributed by atoms with Gasteiger partial charge in [-0.05, 0) is 31.4 Å². The van der Waals surface area contributed by atoms with Gasteiger partial charge >= 0.3 is 6.03 Å². The van der Waals surface area contributed by atoms with Crippen LogP contribution in [0.1, 0.15) is 19.3 Å². The van der Waals surface area contributed by atoms with Gasteiger partial charge in [-0.15, -0.1) is 0 Å². The number of benzene rings is 1. The minimum absolute atomic E-state index is 0.234. The van der Waals surface area contributed by atoms with Crippen molar-refractivity contribution < 1.29 is 14.3 Å². The summed E-state index contributed by atoms with van der Waals surface area (Å²) in [5, 5.41) is 5.93. The number of nitrogens with one attached hydrogen (secondary N) is 2. The molecule has 1 aliphatic rings. The van der Waals surface area contributed by atoms with E-state index in [0.717, 1.165) is 19.3 Å². The largest absolute Gasteiger partial charge is 0.490 e. The summed E-state index contributed by atoms with van der Waals surface area (Å²) >= 11 is 0. The van der Waals surface area contributed by atoms with Crippen molar-refractivity contribution in [3.63, 3.8) is 0 Å². The lowest BCUT2D eigenvalue weighted by Gasteiger charge is -2.41. The fraction of sp³-hybridized carbons (Fsp3) is 0.444. The van der Waals surface area contributed by atoms with E-state index in [9.17, 15) is 4.79 Å². The molecular formula is C18H24N4O3. The van der Waals surface area contributed by atoms with Crippen LogP contribution in [-0.2, 0) is 11.3 Å². The number of imidazole rings is 1. The van der Waals surface area contributed by atoms with Gasteiger partial charge in [0.1, 0.15) is 12.4 Å². The smallest absolute Gasteiger partial charge is 0.319 e. The van der Waals surface area contributed by atoms with Crippen LogP contribution < -0.4 is 15.4 Å². The van der Waals surface area contributed by atoms with Gasteiger partial charge in [-0.2, -0.15) is 0 Å². The summed E-state index contributed by atoms with van der Waals surface area (Å²) in [5.41, 5.74) is 0.410. The summed E-state index contributed by atoms with van der Waals surface area (Å²) in [6.45, 7) is 1.71. The van der Waals surface area contributed by atoms with Crippen LogP contribution in [0.3, 0.4) is 0 Å². The monoisotopic (exact) mass is 344 g/mol. The fourth-order valence-electron chi connectivity index (χ4n) is 2.96. The van der Waals surface area contributed by atoms with E-state index in [1.54, 1.807) is 19.6 Å². The second-order valence-electron chi connectivity index (χ2n) is 6.29. The van der Waals surface area contributed by atoms with Crippen LogP contribution in [0.4, 0.5) is 10.5 Å². The number of methoxy groups -OCH3 is 1. The number of amides is 2. The molecule has 0 spiro atoms. The molecule has 1 fully saturated rings. The average molecular weight is 344 g/mol. The fourth-order valence-corrected chi connectivity index (χ4v) is 2.96. The van der Waals surface area contributed by atoms with E-state index in [2.05, 4.69) is 15.6 Å². The third-order valence-electron chi connectivity index (χ3n) is 4.41. The molecule has 7 heteroatoms.